The lowest BCUT2D eigenvalue weighted by molar-refractivity contribution is -0.144. The maximum absolute atomic E-state index is 11.5. The maximum Gasteiger partial charge on any atom is 0.305 e. The molecule has 0 radical (unpaired) electrons. The van der Waals surface area contributed by atoms with Crippen LogP contribution in [-0.4, -0.2) is 52.2 Å². The monoisotopic (exact) mass is 318 g/mol. The zero-order chi connectivity index (χ0) is 16.3. The molecule has 5 nitrogen and oxygen atoms in total. The van der Waals surface area contributed by atoms with E-state index in [0.717, 1.165) is 12.8 Å². The van der Waals surface area contributed by atoms with Crippen LogP contribution in [0.1, 0.15) is 58.8 Å². The zero-order valence-electron chi connectivity index (χ0n) is 14.4. The van der Waals surface area contributed by atoms with E-state index >= 15 is 0 Å². The topological polar surface area (TPSA) is 54.0 Å². The molecule has 0 aromatic heterocycles. The standard InChI is InChI=1S/C17H34O5/c1-3-5-6-7-8-12-22-17(18)10-9-11-20-15-16-21-14-13-19-4-2/h3-16H2,1-2H3. The smallest absolute Gasteiger partial charge is 0.305 e. The van der Waals surface area contributed by atoms with E-state index in [1.807, 2.05) is 6.92 Å². The third-order valence-corrected chi connectivity index (χ3v) is 3.13. The number of hydrogen-bond acceptors (Lipinski definition) is 5. The predicted molar refractivity (Wildman–Crippen MR) is 87.1 cm³/mol. The number of unbranched alkanes of at least 4 members (excludes halogenated alkanes) is 4. The average molecular weight is 318 g/mol. The molecule has 132 valence electrons. The molecule has 0 unspecified atom stereocenters. The molecule has 0 spiro atoms. The van der Waals surface area contributed by atoms with Crippen LogP contribution in [-0.2, 0) is 23.7 Å². The van der Waals surface area contributed by atoms with Gasteiger partial charge >= 0.3 is 5.97 Å². The molecule has 5 heteroatoms. The number of rotatable bonds is 17. The fourth-order valence-electron chi connectivity index (χ4n) is 1.87. The van der Waals surface area contributed by atoms with Crippen LogP contribution in [0.5, 0.6) is 0 Å². The Morgan fingerprint density at radius 1 is 0.682 bits per heavy atom. The molecule has 0 aromatic rings. The first-order chi connectivity index (χ1) is 10.8. The summed E-state index contributed by atoms with van der Waals surface area (Å²) in [5.74, 6) is -0.118. The Balaban J connectivity index is 3.12. The Kier molecular flexibility index (Phi) is 17.9. The largest absolute Gasteiger partial charge is 0.466 e. The van der Waals surface area contributed by atoms with E-state index in [9.17, 15) is 4.79 Å². The third kappa shape index (κ3) is 17.4. The molecule has 0 saturated carbocycles. The second kappa shape index (κ2) is 18.4. The van der Waals surface area contributed by atoms with E-state index in [4.69, 9.17) is 18.9 Å². The highest BCUT2D eigenvalue weighted by Gasteiger charge is 2.02. The Morgan fingerprint density at radius 2 is 1.32 bits per heavy atom. The molecule has 0 aliphatic carbocycles. The van der Waals surface area contributed by atoms with Crippen molar-refractivity contribution in [1.29, 1.82) is 0 Å². The van der Waals surface area contributed by atoms with Crippen molar-refractivity contribution in [1.82, 2.24) is 0 Å². The summed E-state index contributed by atoms with van der Waals surface area (Å²) in [7, 11) is 0. The van der Waals surface area contributed by atoms with Gasteiger partial charge in [-0.1, -0.05) is 32.6 Å². The van der Waals surface area contributed by atoms with Crippen LogP contribution in [0, 0.1) is 0 Å². The second-order valence-corrected chi connectivity index (χ2v) is 5.16. The lowest BCUT2D eigenvalue weighted by Crippen LogP contribution is -2.11. The van der Waals surface area contributed by atoms with Crippen molar-refractivity contribution in [2.75, 3.05) is 46.2 Å². The summed E-state index contributed by atoms with van der Waals surface area (Å²) in [6.45, 7) is 8.33. The fraction of sp³-hybridized carbons (Fsp3) is 0.941. The van der Waals surface area contributed by atoms with E-state index in [1.54, 1.807) is 0 Å². The van der Waals surface area contributed by atoms with E-state index in [0.29, 0.717) is 59.1 Å². The van der Waals surface area contributed by atoms with Gasteiger partial charge in [-0.3, -0.25) is 4.79 Å². The third-order valence-electron chi connectivity index (χ3n) is 3.13. The molecule has 0 heterocycles. The van der Waals surface area contributed by atoms with Crippen LogP contribution in [0.3, 0.4) is 0 Å². The minimum atomic E-state index is -0.118. The molecule has 0 fully saturated rings. The van der Waals surface area contributed by atoms with Gasteiger partial charge in [0.1, 0.15) is 0 Å². The number of carbonyl (C=O) groups excluding carboxylic acids is 1. The summed E-state index contributed by atoms with van der Waals surface area (Å²) in [5, 5.41) is 0. The molecule has 0 rings (SSSR count). The minimum Gasteiger partial charge on any atom is -0.466 e. The molecule has 0 amide bonds. The summed E-state index contributed by atoms with van der Waals surface area (Å²) in [4.78, 5) is 11.5. The van der Waals surface area contributed by atoms with Gasteiger partial charge in [-0.2, -0.15) is 0 Å². The van der Waals surface area contributed by atoms with Gasteiger partial charge in [0.15, 0.2) is 0 Å². The van der Waals surface area contributed by atoms with Gasteiger partial charge in [-0.05, 0) is 19.8 Å². The van der Waals surface area contributed by atoms with Crippen molar-refractivity contribution in [3.63, 3.8) is 0 Å². The fourth-order valence-corrected chi connectivity index (χ4v) is 1.87. The molecule has 0 saturated heterocycles. The molecular formula is C17H34O5. The van der Waals surface area contributed by atoms with Gasteiger partial charge < -0.3 is 18.9 Å². The minimum absolute atomic E-state index is 0.118. The summed E-state index contributed by atoms with van der Waals surface area (Å²) in [5.41, 5.74) is 0. The Hall–Kier alpha value is -0.650. The Morgan fingerprint density at radius 3 is 2.00 bits per heavy atom. The summed E-state index contributed by atoms with van der Waals surface area (Å²) in [6, 6.07) is 0. The van der Waals surface area contributed by atoms with Crippen molar-refractivity contribution in [3.05, 3.63) is 0 Å². The number of carbonyl (C=O) groups is 1. The maximum atomic E-state index is 11.5. The summed E-state index contributed by atoms with van der Waals surface area (Å²) in [6.07, 6.45) is 6.98. The van der Waals surface area contributed by atoms with E-state index in [-0.39, 0.29) is 5.97 Å². The number of esters is 1. The van der Waals surface area contributed by atoms with Crippen molar-refractivity contribution in [2.45, 2.75) is 58.8 Å². The molecule has 0 N–H and O–H groups in total. The Bertz CT molecular complexity index is 233. The first-order valence-corrected chi connectivity index (χ1v) is 8.70. The molecule has 0 aliphatic heterocycles. The highest BCUT2D eigenvalue weighted by Crippen LogP contribution is 2.03. The second-order valence-electron chi connectivity index (χ2n) is 5.16. The first-order valence-electron chi connectivity index (χ1n) is 8.70. The van der Waals surface area contributed by atoms with E-state index < -0.39 is 0 Å². The first kappa shape index (κ1) is 21.4. The molecule has 0 bridgehead atoms. The summed E-state index contributed by atoms with van der Waals surface area (Å²) < 4.78 is 21.0. The average Bonchev–Trinajstić information content (AvgIpc) is 2.52. The molecule has 0 aromatic carbocycles. The molecule has 0 atom stereocenters. The van der Waals surface area contributed by atoms with Gasteiger partial charge in [-0.25, -0.2) is 0 Å². The van der Waals surface area contributed by atoms with Crippen LogP contribution in [0.2, 0.25) is 0 Å². The van der Waals surface area contributed by atoms with Crippen LogP contribution >= 0.6 is 0 Å². The van der Waals surface area contributed by atoms with Crippen LogP contribution < -0.4 is 0 Å². The van der Waals surface area contributed by atoms with Gasteiger partial charge in [0.2, 0.25) is 0 Å². The number of ether oxygens (including phenoxy) is 4. The van der Waals surface area contributed by atoms with E-state index in [2.05, 4.69) is 6.92 Å². The molecular weight excluding hydrogens is 284 g/mol. The lowest BCUT2D eigenvalue weighted by atomic mass is 10.2. The van der Waals surface area contributed by atoms with Crippen molar-refractivity contribution in [2.24, 2.45) is 0 Å². The zero-order valence-corrected chi connectivity index (χ0v) is 14.4. The number of hydrogen-bond donors (Lipinski definition) is 0. The van der Waals surface area contributed by atoms with Gasteiger partial charge in [0, 0.05) is 19.6 Å². The van der Waals surface area contributed by atoms with Crippen LogP contribution in [0.15, 0.2) is 0 Å². The van der Waals surface area contributed by atoms with Gasteiger partial charge in [0.05, 0.1) is 33.0 Å². The van der Waals surface area contributed by atoms with Crippen molar-refractivity contribution in [3.8, 4) is 0 Å². The normalized spacial score (nSPS) is 10.8. The van der Waals surface area contributed by atoms with Crippen LogP contribution in [0.4, 0.5) is 0 Å². The highest BCUT2D eigenvalue weighted by atomic mass is 16.5. The highest BCUT2D eigenvalue weighted by molar-refractivity contribution is 5.69. The predicted octanol–water partition coefficient (Wildman–Crippen LogP) is 3.35. The van der Waals surface area contributed by atoms with Gasteiger partial charge in [-0.15, -0.1) is 0 Å². The van der Waals surface area contributed by atoms with Gasteiger partial charge in [0.25, 0.3) is 0 Å². The lowest BCUT2D eigenvalue weighted by Gasteiger charge is -2.06. The Labute approximate surface area is 135 Å². The van der Waals surface area contributed by atoms with Crippen molar-refractivity contribution >= 4 is 5.97 Å². The van der Waals surface area contributed by atoms with E-state index in [1.165, 1.54) is 19.3 Å². The SMILES string of the molecule is CCCCCCCOC(=O)CCCOCCOCCOCC. The molecule has 22 heavy (non-hydrogen) atoms. The van der Waals surface area contributed by atoms with Crippen LogP contribution in [0.25, 0.3) is 0 Å². The molecule has 0 aliphatic rings. The summed E-state index contributed by atoms with van der Waals surface area (Å²) >= 11 is 0. The quantitative estimate of drug-likeness (QED) is 0.304. The van der Waals surface area contributed by atoms with Crippen molar-refractivity contribution < 1.29 is 23.7 Å².